The summed E-state index contributed by atoms with van der Waals surface area (Å²) >= 11 is 0. The number of ether oxygens (including phenoxy) is 1. The van der Waals surface area contributed by atoms with E-state index in [4.69, 9.17) is 14.9 Å². The third-order valence-corrected chi connectivity index (χ3v) is 2.29. The second kappa shape index (κ2) is 2.97. The Morgan fingerprint density at radius 3 is 3.00 bits per heavy atom. The zero-order chi connectivity index (χ0) is 9.31. The van der Waals surface area contributed by atoms with Crippen molar-refractivity contribution < 1.29 is 13.9 Å². The van der Waals surface area contributed by atoms with Crippen molar-refractivity contribution in [3.8, 4) is 0 Å². The Hall–Kier alpha value is -1.13. The highest BCUT2D eigenvalue weighted by molar-refractivity contribution is 6.03. The van der Waals surface area contributed by atoms with Crippen LogP contribution in [0.15, 0.2) is 23.0 Å². The Balaban J connectivity index is 2.21. The molecule has 1 unspecified atom stereocenters. The van der Waals surface area contributed by atoms with Gasteiger partial charge in [-0.1, -0.05) is 0 Å². The first kappa shape index (κ1) is 8.47. The Bertz CT molecular complexity index is 299. The molecule has 2 heterocycles. The molecule has 1 saturated heterocycles. The zero-order valence-corrected chi connectivity index (χ0v) is 7.16. The van der Waals surface area contributed by atoms with Crippen molar-refractivity contribution in [1.29, 1.82) is 0 Å². The molecule has 2 rings (SSSR count). The van der Waals surface area contributed by atoms with E-state index in [2.05, 4.69) is 0 Å². The minimum atomic E-state index is -0.843. The average molecular weight is 181 g/mol. The Labute approximate surface area is 75.7 Å². The van der Waals surface area contributed by atoms with Crippen LogP contribution in [0.1, 0.15) is 16.8 Å². The van der Waals surface area contributed by atoms with Crippen LogP contribution >= 0.6 is 0 Å². The van der Waals surface area contributed by atoms with Gasteiger partial charge in [0.25, 0.3) is 0 Å². The highest BCUT2D eigenvalue weighted by Gasteiger charge is 2.38. The van der Waals surface area contributed by atoms with Gasteiger partial charge >= 0.3 is 0 Å². The molecule has 1 aromatic heterocycles. The highest BCUT2D eigenvalue weighted by Crippen LogP contribution is 2.20. The summed E-state index contributed by atoms with van der Waals surface area (Å²) in [6.07, 6.45) is 3.46. The van der Waals surface area contributed by atoms with E-state index in [0.717, 1.165) is 0 Å². The van der Waals surface area contributed by atoms with Gasteiger partial charge < -0.3 is 14.9 Å². The van der Waals surface area contributed by atoms with Gasteiger partial charge in [0, 0.05) is 6.61 Å². The van der Waals surface area contributed by atoms with Crippen molar-refractivity contribution in [2.45, 2.75) is 12.0 Å². The number of hydrogen-bond donors (Lipinski definition) is 1. The smallest absolute Gasteiger partial charge is 0.188 e. The maximum Gasteiger partial charge on any atom is 0.188 e. The van der Waals surface area contributed by atoms with Crippen LogP contribution in [0.2, 0.25) is 0 Å². The Kier molecular flexibility index (Phi) is 1.94. The summed E-state index contributed by atoms with van der Waals surface area (Å²) in [4.78, 5) is 11.8. The van der Waals surface area contributed by atoms with Gasteiger partial charge in [0.05, 0.1) is 18.4 Å². The van der Waals surface area contributed by atoms with Gasteiger partial charge in [-0.2, -0.15) is 0 Å². The fourth-order valence-corrected chi connectivity index (χ4v) is 1.44. The fraction of sp³-hybridized carbons (Fsp3) is 0.444. The number of carbonyl (C=O) groups is 1. The van der Waals surface area contributed by atoms with Crippen molar-refractivity contribution in [1.82, 2.24) is 0 Å². The summed E-state index contributed by atoms with van der Waals surface area (Å²) in [7, 11) is 0. The van der Waals surface area contributed by atoms with Crippen molar-refractivity contribution in [2.75, 3.05) is 13.2 Å². The van der Waals surface area contributed by atoms with Gasteiger partial charge in [0.1, 0.15) is 11.8 Å². The number of nitrogens with two attached hydrogens (primary N) is 1. The van der Waals surface area contributed by atoms with E-state index < -0.39 is 5.54 Å². The quantitative estimate of drug-likeness (QED) is 0.678. The molecule has 1 fully saturated rings. The number of carbonyl (C=O) groups excluding carboxylic acids is 1. The molecule has 1 aromatic rings. The molecule has 70 valence electrons. The van der Waals surface area contributed by atoms with E-state index in [9.17, 15) is 4.79 Å². The molecule has 0 amide bonds. The standard InChI is InChI=1S/C9H11NO3/c10-9(2-4-13-6-9)8(11)7-1-3-12-5-7/h1,3,5H,2,4,6,10H2. The lowest BCUT2D eigenvalue weighted by molar-refractivity contribution is 0.0862. The Morgan fingerprint density at radius 1 is 1.62 bits per heavy atom. The SMILES string of the molecule is NC1(C(=O)c2ccoc2)CCOC1. The van der Waals surface area contributed by atoms with Crippen LogP contribution in [0.25, 0.3) is 0 Å². The minimum Gasteiger partial charge on any atom is -0.472 e. The molecule has 0 saturated carbocycles. The average Bonchev–Trinajstić information content (AvgIpc) is 2.73. The minimum absolute atomic E-state index is 0.0984. The summed E-state index contributed by atoms with van der Waals surface area (Å²) in [5.74, 6) is -0.0984. The lowest BCUT2D eigenvalue weighted by Gasteiger charge is -2.18. The molecule has 0 radical (unpaired) electrons. The van der Waals surface area contributed by atoms with E-state index in [0.29, 0.717) is 25.2 Å². The van der Waals surface area contributed by atoms with E-state index in [-0.39, 0.29) is 5.78 Å². The molecule has 0 bridgehead atoms. The molecule has 1 aliphatic heterocycles. The summed E-state index contributed by atoms with van der Waals surface area (Å²) in [5, 5.41) is 0. The van der Waals surface area contributed by atoms with Crippen LogP contribution < -0.4 is 5.73 Å². The van der Waals surface area contributed by atoms with Crippen LogP contribution in [0.4, 0.5) is 0 Å². The first-order valence-electron chi connectivity index (χ1n) is 4.16. The maximum atomic E-state index is 11.8. The van der Waals surface area contributed by atoms with Gasteiger partial charge in [-0.15, -0.1) is 0 Å². The van der Waals surface area contributed by atoms with Gasteiger partial charge in [-0.05, 0) is 12.5 Å². The summed E-state index contributed by atoms with van der Waals surface area (Å²) < 4.78 is 9.93. The van der Waals surface area contributed by atoms with Crippen LogP contribution in [-0.4, -0.2) is 24.5 Å². The van der Waals surface area contributed by atoms with Crippen LogP contribution in [-0.2, 0) is 4.74 Å². The number of ketones is 1. The van der Waals surface area contributed by atoms with Gasteiger partial charge in [0.2, 0.25) is 0 Å². The van der Waals surface area contributed by atoms with E-state index >= 15 is 0 Å². The second-order valence-corrected chi connectivity index (χ2v) is 3.30. The molecule has 4 nitrogen and oxygen atoms in total. The van der Waals surface area contributed by atoms with Crippen molar-refractivity contribution in [3.05, 3.63) is 24.2 Å². The molecular weight excluding hydrogens is 170 g/mol. The number of Topliss-reactive ketones (excluding diaryl/α,β-unsaturated/α-hetero) is 1. The molecule has 2 N–H and O–H groups in total. The molecule has 4 heteroatoms. The fourth-order valence-electron chi connectivity index (χ4n) is 1.44. The summed E-state index contributed by atoms with van der Waals surface area (Å²) in [6.45, 7) is 0.858. The third kappa shape index (κ3) is 1.38. The topological polar surface area (TPSA) is 65.5 Å². The molecule has 0 spiro atoms. The molecular formula is C9H11NO3. The largest absolute Gasteiger partial charge is 0.472 e. The lowest BCUT2D eigenvalue weighted by atomic mass is 9.91. The predicted molar refractivity (Wildman–Crippen MR) is 45.4 cm³/mol. The number of hydrogen-bond acceptors (Lipinski definition) is 4. The van der Waals surface area contributed by atoms with Crippen LogP contribution in [0, 0.1) is 0 Å². The molecule has 1 aliphatic rings. The monoisotopic (exact) mass is 181 g/mol. The normalized spacial score (nSPS) is 27.8. The van der Waals surface area contributed by atoms with Crippen LogP contribution in [0.3, 0.4) is 0 Å². The maximum absolute atomic E-state index is 11.8. The van der Waals surface area contributed by atoms with Crippen molar-refractivity contribution in [3.63, 3.8) is 0 Å². The number of furan rings is 1. The van der Waals surface area contributed by atoms with Gasteiger partial charge in [-0.25, -0.2) is 0 Å². The third-order valence-electron chi connectivity index (χ3n) is 2.29. The summed E-state index contributed by atoms with van der Waals surface area (Å²) in [5.41, 5.74) is 5.56. The van der Waals surface area contributed by atoms with E-state index in [1.165, 1.54) is 12.5 Å². The van der Waals surface area contributed by atoms with Gasteiger partial charge in [-0.3, -0.25) is 4.79 Å². The van der Waals surface area contributed by atoms with Crippen molar-refractivity contribution in [2.24, 2.45) is 5.73 Å². The number of rotatable bonds is 2. The highest BCUT2D eigenvalue weighted by atomic mass is 16.5. The molecule has 1 atom stereocenters. The first-order valence-corrected chi connectivity index (χ1v) is 4.16. The molecule has 0 aliphatic carbocycles. The van der Waals surface area contributed by atoms with E-state index in [1.54, 1.807) is 6.07 Å². The van der Waals surface area contributed by atoms with Crippen molar-refractivity contribution >= 4 is 5.78 Å². The molecule has 0 aromatic carbocycles. The second-order valence-electron chi connectivity index (χ2n) is 3.30. The van der Waals surface area contributed by atoms with E-state index in [1.807, 2.05) is 0 Å². The Morgan fingerprint density at radius 2 is 2.46 bits per heavy atom. The molecule has 13 heavy (non-hydrogen) atoms. The zero-order valence-electron chi connectivity index (χ0n) is 7.16. The van der Waals surface area contributed by atoms with Gasteiger partial charge in [0.15, 0.2) is 5.78 Å². The first-order chi connectivity index (χ1) is 6.22. The summed E-state index contributed by atoms with van der Waals surface area (Å²) in [6, 6.07) is 1.62. The lowest BCUT2D eigenvalue weighted by Crippen LogP contribution is -2.48. The van der Waals surface area contributed by atoms with Crippen LogP contribution in [0.5, 0.6) is 0 Å². The predicted octanol–water partition coefficient (Wildman–Crippen LogP) is 0.580.